The summed E-state index contributed by atoms with van der Waals surface area (Å²) in [5.41, 5.74) is 0.568. The van der Waals surface area contributed by atoms with E-state index >= 15 is 0 Å². The van der Waals surface area contributed by atoms with Crippen LogP contribution in [0.15, 0.2) is 36.4 Å². The number of carbonyl (C=O) groups excluding carboxylic acids is 3. The van der Waals surface area contributed by atoms with Gasteiger partial charge in [-0.05, 0) is 75.6 Å². The number of Topliss-reactive ketones (excluding diaryl/α,β-unsaturated/α-hetero) is 1. The van der Waals surface area contributed by atoms with Gasteiger partial charge in [0, 0.05) is 5.69 Å². The maximum absolute atomic E-state index is 12.8. The van der Waals surface area contributed by atoms with Crippen LogP contribution in [-0.4, -0.2) is 34.8 Å². The summed E-state index contributed by atoms with van der Waals surface area (Å²) in [4.78, 5) is 39.4. The molecular weight excluding hydrogens is 437 g/mol. The van der Waals surface area contributed by atoms with Gasteiger partial charge in [0.15, 0.2) is 11.4 Å². The van der Waals surface area contributed by atoms with Gasteiger partial charge >= 0.3 is 12.2 Å². The van der Waals surface area contributed by atoms with E-state index in [2.05, 4.69) is 0 Å². The predicted octanol–water partition coefficient (Wildman–Crippen LogP) is 5.04. The third-order valence-electron chi connectivity index (χ3n) is 5.63. The average Bonchev–Trinajstić information content (AvgIpc) is 2.98. The van der Waals surface area contributed by atoms with Gasteiger partial charge in [-0.15, -0.1) is 0 Å². The number of imide groups is 1. The van der Waals surface area contributed by atoms with Crippen molar-refractivity contribution < 1.29 is 32.3 Å². The van der Waals surface area contributed by atoms with Gasteiger partial charge in [0.25, 0.3) is 5.91 Å². The summed E-state index contributed by atoms with van der Waals surface area (Å²) in [7, 11) is 0. The number of hydrogen-bond acceptors (Lipinski definition) is 4. The second-order valence-corrected chi connectivity index (χ2v) is 8.62. The molecule has 0 unspecified atom stereocenters. The normalized spacial score (nSPS) is 14.8. The second kappa shape index (κ2) is 8.53. The molecule has 0 radical (unpaired) electrons. The number of aryl methyl sites for hydroxylation is 2. The Balaban J connectivity index is 1.79. The van der Waals surface area contributed by atoms with Crippen molar-refractivity contribution in [2.75, 3.05) is 11.4 Å². The Morgan fingerprint density at radius 1 is 1.03 bits per heavy atom. The summed E-state index contributed by atoms with van der Waals surface area (Å²) < 4.78 is 44.3. The van der Waals surface area contributed by atoms with E-state index in [1.807, 2.05) is 13.8 Å². The summed E-state index contributed by atoms with van der Waals surface area (Å²) >= 11 is 0. The van der Waals surface area contributed by atoms with Gasteiger partial charge in [0.2, 0.25) is 0 Å². The summed E-state index contributed by atoms with van der Waals surface area (Å²) in [6.45, 7) is 8.18. The minimum absolute atomic E-state index is 0.00681. The standard InChI is InChI=1S/C24H25F3N2O4/c1-14-10-17(11-15(2)21(14)33-23(4,5)16(3)30)12-29-20(31)13-28(22(29)32)19-8-6-18(7-9-19)24(25,26)27/h6-11H,12-13H2,1-5H3. The number of ether oxygens (including phenoxy) is 1. The first-order chi connectivity index (χ1) is 15.2. The lowest BCUT2D eigenvalue weighted by Crippen LogP contribution is -2.36. The molecule has 0 aromatic heterocycles. The molecular formula is C24H25F3N2O4. The van der Waals surface area contributed by atoms with Crippen molar-refractivity contribution >= 4 is 23.4 Å². The number of rotatable bonds is 6. The summed E-state index contributed by atoms with van der Waals surface area (Å²) in [5.74, 6) is -0.0142. The number of ketones is 1. The molecule has 6 nitrogen and oxygen atoms in total. The third kappa shape index (κ3) is 5.02. The highest BCUT2D eigenvalue weighted by Crippen LogP contribution is 2.32. The summed E-state index contributed by atoms with van der Waals surface area (Å²) in [6.07, 6.45) is -4.49. The molecule has 1 fully saturated rings. The Bertz CT molecular complexity index is 1080. The van der Waals surface area contributed by atoms with Crippen molar-refractivity contribution in [3.63, 3.8) is 0 Å². The van der Waals surface area contributed by atoms with Crippen LogP contribution in [0.2, 0.25) is 0 Å². The molecule has 2 aromatic rings. The third-order valence-corrected chi connectivity index (χ3v) is 5.63. The monoisotopic (exact) mass is 462 g/mol. The smallest absolute Gasteiger partial charge is 0.416 e. The number of benzene rings is 2. The van der Waals surface area contributed by atoms with Gasteiger partial charge in [-0.3, -0.25) is 19.4 Å². The Morgan fingerprint density at radius 2 is 1.58 bits per heavy atom. The predicted molar refractivity (Wildman–Crippen MR) is 116 cm³/mol. The van der Waals surface area contributed by atoms with Gasteiger partial charge in [-0.2, -0.15) is 13.2 Å². The van der Waals surface area contributed by atoms with Crippen LogP contribution in [0, 0.1) is 13.8 Å². The Hall–Kier alpha value is -3.36. The zero-order chi connectivity index (χ0) is 24.7. The van der Waals surface area contributed by atoms with Crippen molar-refractivity contribution in [1.29, 1.82) is 0 Å². The first-order valence-electron chi connectivity index (χ1n) is 10.3. The number of hydrogen-bond donors (Lipinski definition) is 0. The first kappa shape index (κ1) is 24.3. The van der Waals surface area contributed by atoms with Gasteiger partial charge < -0.3 is 4.74 Å². The van der Waals surface area contributed by atoms with Crippen LogP contribution in [0.3, 0.4) is 0 Å². The Morgan fingerprint density at radius 3 is 2.06 bits per heavy atom. The molecule has 2 aromatic carbocycles. The van der Waals surface area contributed by atoms with Crippen LogP contribution in [-0.2, 0) is 22.3 Å². The molecule has 0 N–H and O–H groups in total. The zero-order valence-electron chi connectivity index (χ0n) is 19.0. The minimum Gasteiger partial charge on any atom is -0.480 e. The molecule has 0 saturated carbocycles. The van der Waals surface area contributed by atoms with E-state index in [-0.39, 0.29) is 24.6 Å². The topological polar surface area (TPSA) is 66.9 Å². The summed E-state index contributed by atoms with van der Waals surface area (Å²) in [6, 6.07) is 7.06. The van der Waals surface area contributed by atoms with Crippen molar-refractivity contribution in [3.05, 3.63) is 58.7 Å². The van der Waals surface area contributed by atoms with Crippen LogP contribution in [0.1, 0.15) is 43.0 Å². The van der Waals surface area contributed by atoms with Gasteiger partial charge in [-0.1, -0.05) is 12.1 Å². The van der Waals surface area contributed by atoms with Crippen molar-refractivity contribution in [2.45, 2.75) is 52.9 Å². The Labute approximate surface area is 189 Å². The zero-order valence-corrected chi connectivity index (χ0v) is 19.0. The van der Waals surface area contributed by atoms with E-state index < -0.39 is 29.3 Å². The largest absolute Gasteiger partial charge is 0.480 e. The minimum atomic E-state index is -4.49. The number of amides is 3. The average molecular weight is 462 g/mol. The lowest BCUT2D eigenvalue weighted by atomic mass is 10.0. The molecule has 0 aliphatic carbocycles. The van der Waals surface area contributed by atoms with Crippen molar-refractivity contribution in [2.24, 2.45) is 0 Å². The molecule has 3 rings (SSSR count). The maximum Gasteiger partial charge on any atom is 0.416 e. The summed E-state index contributed by atoms with van der Waals surface area (Å²) in [5, 5.41) is 0. The fourth-order valence-corrected chi connectivity index (χ4v) is 3.53. The van der Waals surface area contributed by atoms with Crippen LogP contribution in [0.25, 0.3) is 0 Å². The van der Waals surface area contributed by atoms with E-state index in [0.717, 1.165) is 33.1 Å². The van der Waals surface area contributed by atoms with Crippen LogP contribution < -0.4 is 9.64 Å². The maximum atomic E-state index is 12.8. The number of halogens is 3. The van der Waals surface area contributed by atoms with E-state index in [1.54, 1.807) is 26.0 Å². The highest BCUT2D eigenvalue weighted by molar-refractivity contribution is 6.12. The number of anilines is 1. The van der Waals surface area contributed by atoms with Gasteiger partial charge in [-0.25, -0.2) is 4.79 Å². The van der Waals surface area contributed by atoms with Crippen LogP contribution in [0.5, 0.6) is 5.75 Å². The second-order valence-electron chi connectivity index (χ2n) is 8.62. The molecule has 0 bridgehead atoms. The lowest BCUT2D eigenvalue weighted by molar-refractivity contribution is -0.137. The van der Waals surface area contributed by atoms with E-state index in [9.17, 15) is 27.6 Å². The number of urea groups is 1. The van der Waals surface area contributed by atoms with E-state index in [1.165, 1.54) is 19.1 Å². The molecule has 1 heterocycles. The number of nitrogens with zero attached hydrogens (tertiary/aromatic N) is 2. The van der Waals surface area contributed by atoms with Crippen molar-refractivity contribution in [1.82, 2.24) is 4.90 Å². The molecule has 0 atom stereocenters. The number of carbonyl (C=O) groups is 3. The van der Waals surface area contributed by atoms with E-state index in [4.69, 9.17) is 4.74 Å². The SMILES string of the molecule is CC(=O)C(C)(C)Oc1c(C)cc(CN2C(=O)CN(c3ccc(C(F)(F)F)cc3)C2=O)cc1C. The first-order valence-corrected chi connectivity index (χ1v) is 10.3. The molecule has 9 heteroatoms. The molecule has 176 valence electrons. The van der Waals surface area contributed by atoms with E-state index in [0.29, 0.717) is 11.3 Å². The van der Waals surface area contributed by atoms with Crippen molar-refractivity contribution in [3.8, 4) is 5.75 Å². The quantitative estimate of drug-likeness (QED) is 0.565. The number of alkyl halides is 3. The van der Waals surface area contributed by atoms with Gasteiger partial charge in [0.05, 0.1) is 12.1 Å². The Kier molecular flexibility index (Phi) is 6.28. The van der Waals surface area contributed by atoms with Crippen LogP contribution >= 0.6 is 0 Å². The molecule has 1 aliphatic rings. The highest BCUT2D eigenvalue weighted by Gasteiger charge is 2.38. The molecule has 1 aliphatic heterocycles. The fourth-order valence-electron chi connectivity index (χ4n) is 3.53. The van der Waals surface area contributed by atoms with Crippen LogP contribution in [0.4, 0.5) is 23.7 Å². The molecule has 3 amide bonds. The molecule has 0 spiro atoms. The molecule has 33 heavy (non-hydrogen) atoms. The van der Waals surface area contributed by atoms with Gasteiger partial charge in [0.1, 0.15) is 12.3 Å². The molecule has 1 saturated heterocycles. The lowest BCUT2D eigenvalue weighted by Gasteiger charge is -2.26. The highest BCUT2D eigenvalue weighted by atomic mass is 19.4. The fraction of sp³-hybridized carbons (Fsp3) is 0.375.